The van der Waals surface area contributed by atoms with Crippen LogP contribution in [0.15, 0.2) is 54.0 Å². The van der Waals surface area contributed by atoms with Crippen LogP contribution in [0.25, 0.3) is 22.2 Å². The fourth-order valence-electron chi connectivity index (χ4n) is 3.54. The van der Waals surface area contributed by atoms with Gasteiger partial charge in [0.2, 0.25) is 0 Å². The number of allylic oxidation sites excluding steroid dienone is 1. The lowest BCUT2D eigenvalue weighted by molar-refractivity contribution is 0.312. The number of aliphatic imine (C=N–C) groups is 1. The minimum Gasteiger partial charge on any atom is -0.404 e. The van der Waals surface area contributed by atoms with Gasteiger partial charge in [0.1, 0.15) is 5.82 Å². The van der Waals surface area contributed by atoms with Crippen LogP contribution in [-0.2, 0) is 0 Å². The Morgan fingerprint density at radius 3 is 2.68 bits per heavy atom. The highest BCUT2D eigenvalue weighted by molar-refractivity contribution is 6.10. The van der Waals surface area contributed by atoms with Crippen LogP contribution in [0.3, 0.4) is 0 Å². The van der Waals surface area contributed by atoms with Gasteiger partial charge in [-0.2, -0.15) is 5.10 Å². The summed E-state index contributed by atoms with van der Waals surface area (Å²) in [5.41, 5.74) is 10.8. The van der Waals surface area contributed by atoms with Crippen molar-refractivity contribution in [3.05, 3.63) is 54.6 Å². The molecule has 3 aromatic rings. The van der Waals surface area contributed by atoms with Crippen LogP contribution < -0.4 is 10.6 Å². The zero-order valence-electron chi connectivity index (χ0n) is 16.3. The summed E-state index contributed by atoms with van der Waals surface area (Å²) in [7, 11) is 3.89. The zero-order valence-corrected chi connectivity index (χ0v) is 16.3. The number of likely N-dealkylation sites (N-methyl/N-ethyl adjacent to an activating group) is 1. The second-order valence-corrected chi connectivity index (χ2v) is 7.01. The van der Waals surface area contributed by atoms with Crippen molar-refractivity contribution in [2.45, 2.75) is 0 Å². The fraction of sp³-hybridized carbons (Fsp3) is 0.286. The molecule has 7 heteroatoms. The molecule has 0 saturated carbocycles. The van der Waals surface area contributed by atoms with E-state index in [0.717, 1.165) is 59.8 Å². The van der Waals surface area contributed by atoms with E-state index in [0.29, 0.717) is 0 Å². The standard InChI is InChI=1S/C21H25N7/c1-23-13-18(12-22)17-11-19(20-5-6-25-28(20)15-17)16-3-4-21(24-14-16)27-9-7-26(2)8-10-27/h3-6,11-15H,7-10,22H2,1-2H3. The number of fused-ring (bicyclic) bond motifs is 1. The maximum atomic E-state index is 5.81. The zero-order chi connectivity index (χ0) is 19.5. The molecule has 0 spiro atoms. The van der Waals surface area contributed by atoms with Crippen LogP contribution in [0.5, 0.6) is 0 Å². The highest BCUT2D eigenvalue weighted by Crippen LogP contribution is 2.28. The Morgan fingerprint density at radius 1 is 1.18 bits per heavy atom. The first-order valence-electron chi connectivity index (χ1n) is 9.41. The third-order valence-electron chi connectivity index (χ3n) is 5.17. The summed E-state index contributed by atoms with van der Waals surface area (Å²) in [6.45, 7) is 4.14. The topological polar surface area (TPSA) is 75.0 Å². The fourth-order valence-corrected chi connectivity index (χ4v) is 3.54. The van der Waals surface area contributed by atoms with Crippen LogP contribution in [0.1, 0.15) is 5.56 Å². The molecule has 1 saturated heterocycles. The lowest BCUT2D eigenvalue weighted by Crippen LogP contribution is -2.44. The van der Waals surface area contributed by atoms with Crippen molar-refractivity contribution in [3.63, 3.8) is 0 Å². The van der Waals surface area contributed by atoms with E-state index < -0.39 is 0 Å². The predicted molar refractivity (Wildman–Crippen MR) is 115 cm³/mol. The average molecular weight is 375 g/mol. The average Bonchev–Trinajstić information content (AvgIpc) is 3.21. The summed E-state index contributed by atoms with van der Waals surface area (Å²) < 4.78 is 1.87. The molecule has 3 aromatic heterocycles. The monoisotopic (exact) mass is 375 g/mol. The number of hydrogen-bond acceptors (Lipinski definition) is 6. The smallest absolute Gasteiger partial charge is 0.128 e. The minimum atomic E-state index is 0.850. The van der Waals surface area contributed by atoms with Gasteiger partial charge in [-0.3, -0.25) is 4.99 Å². The van der Waals surface area contributed by atoms with Gasteiger partial charge in [-0.1, -0.05) is 0 Å². The first kappa shape index (κ1) is 18.2. The molecular formula is C21H25N7. The van der Waals surface area contributed by atoms with Gasteiger partial charge in [-0.05, 0) is 31.3 Å². The van der Waals surface area contributed by atoms with Gasteiger partial charge >= 0.3 is 0 Å². The Balaban J connectivity index is 1.71. The van der Waals surface area contributed by atoms with E-state index in [-0.39, 0.29) is 0 Å². The normalized spacial score (nSPS) is 16.4. The van der Waals surface area contributed by atoms with Gasteiger partial charge < -0.3 is 15.5 Å². The molecular weight excluding hydrogens is 350 g/mol. The quantitative estimate of drug-likeness (QED) is 0.707. The molecule has 0 amide bonds. The number of hydrogen-bond donors (Lipinski definition) is 1. The number of nitrogens with two attached hydrogens (primary N) is 1. The molecule has 1 aliphatic heterocycles. The summed E-state index contributed by atoms with van der Waals surface area (Å²) in [5.74, 6) is 1.03. The molecule has 4 rings (SSSR count). The molecule has 7 nitrogen and oxygen atoms in total. The number of anilines is 1. The minimum absolute atomic E-state index is 0.850. The van der Waals surface area contributed by atoms with Crippen LogP contribution >= 0.6 is 0 Å². The van der Waals surface area contributed by atoms with Gasteiger partial charge in [0.15, 0.2) is 0 Å². The number of piperazine rings is 1. The third-order valence-corrected chi connectivity index (χ3v) is 5.17. The third kappa shape index (κ3) is 3.48. The SMILES string of the molecule is CN=CC(=CN)c1cc(-c2ccc(N3CCN(C)CC3)nc2)c2ccnn2c1. The molecule has 1 aliphatic rings. The molecule has 4 heterocycles. The molecule has 0 aliphatic carbocycles. The second-order valence-electron chi connectivity index (χ2n) is 7.01. The van der Waals surface area contributed by atoms with Crippen molar-refractivity contribution in [2.75, 3.05) is 45.2 Å². The van der Waals surface area contributed by atoms with Crippen LogP contribution in [0.4, 0.5) is 5.82 Å². The van der Waals surface area contributed by atoms with E-state index in [1.54, 1.807) is 25.7 Å². The van der Waals surface area contributed by atoms with Gasteiger partial charge in [-0.15, -0.1) is 0 Å². The van der Waals surface area contributed by atoms with Crippen LogP contribution in [0.2, 0.25) is 0 Å². The molecule has 2 N–H and O–H groups in total. The molecule has 0 atom stereocenters. The Morgan fingerprint density at radius 2 is 2.00 bits per heavy atom. The highest BCUT2D eigenvalue weighted by atomic mass is 15.3. The van der Waals surface area contributed by atoms with E-state index in [9.17, 15) is 0 Å². The summed E-state index contributed by atoms with van der Waals surface area (Å²) in [4.78, 5) is 13.5. The van der Waals surface area contributed by atoms with Gasteiger partial charge in [0.25, 0.3) is 0 Å². The molecule has 28 heavy (non-hydrogen) atoms. The second kappa shape index (κ2) is 7.82. The predicted octanol–water partition coefficient (Wildman–Crippen LogP) is 2.15. The Kier molecular flexibility index (Phi) is 5.08. The molecule has 0 unspecified atom stereocenters. The number of pyridine rings is 2. The van der Waals surface area contributed by atoms with E-state index in [2.05, 4.69) is 45.1 Å². The summed E-state index contributed by atoms with van der Waals surface area (Å²) in [6.07, 6.45) is 9.03. The lowest BCUT2D eigenvalue weighted by atomic mass is 10.0. The Labute approximate surface area is 164 Å². The molecule has 1 fully saturated rings. The maximum Gasteiger partial charge on any atom is 0.128 e. The van der Waals surface area contributed by atoms with Crippen molar-refractivity contribution >= 4 is 23.1 Å². The first-order valence-corrected chi connectivity index (χ1v) is 9.41. The lowest BCUT2D eigenvalue weighted by Gasteiger charge is -2.33. The number of nitrogens with zero attached hydrogens (tertiary/aromatic N) is 6. The van der Waals surface area contributed by atoms with Crippen molar-refractivity contribution in [2.24, 2.45) is 10.7 Å². The summed E-state index contributed by atoms with van der Waals surface area (Å²) in [5, 5.41) is 4.41. The maximum absolute atomic E-state index is 5.81. The molecule has 0 radical (unpaired) electrons. The van der Waals surface area contributed by atoms with Gasteiger partial charge in [0, 0.05) is 86.5 Å². The number of aromatic nitrogens is 3. The van der Waals surface area contributed by atoms with E-state index in [4.69, 9.17) is 10.7 Å². The summed E-state index contributed by atoms with van der Waals surface area (Å²) >= 11 is 0. The van der Waals surface area contributed by atoms with Crippen molar-refractivity contribution < 1.29 is 0 Å². The molecule has 144 valence electrons. The number of rotatable bonds is 4. The summed E-state index contributed by atoms with van der Waals surface area (Å²) in [6, 6.07) is 8.36. The van der Waals surface area contributed by atoms with E-state index in [1.807, 2.05) is 23.0 Å². The molecule has 0 bridgehead atoms. The van der Waals surface area contributed by atoms with Crippen molar-refractivity contribution in [3.8, 4) is 11.1 Å². The van der Waals surface area contributed by atoms with Crippen molar-refractivity contribution in [1.29, 1.82) is 0 Å². The Bertz CT molecular complexity index is 1010. The van der Waals surface area contributed by atoms with Gasteiger partial charge in [-0.25, -0.2) is 9.50 Å². The highest BCUT2D eigenvalue weighted by Gasteiger charge is 2.16. The van der Waals surface area contributed by atoms with Crippen LogP contribution in [0, 0.1) is 0 Å². The van der Waals surface area contributed by atoms with Gasteiger partial charge in [0.05, 0.1) is 5.52 Å². The van der Waals surface area contributed by atoms with Crippen LogP contribution in [-0.4, -0.2) is 66.0 Å². The molecule has 0 aromatic carbocycles. The van der Waals surface area contributed by atoms with E-state index in [1.165, 1.54) is 0 Å². The Hall–Kier alpha value is -3.19. The largest absolute Gasteiger partial charge is 0.404 e. The van der Waals surface area contributed by atoms with Crippen molar-refractivity contribution in [1.82, 2.24) is 19.5 Å². The first-order chi connectivity index (χ1) is 13.7. The van der Waals surface area contributed by atoms with E-state index >= 15 is 0 Å².